The van der Waals surface area contributed by atoms with Gasteiger partial charge in [-0.2, -0.15) is 5.10 Å². The van der Waals surface area contributed by atoms with Gasteiger partial charge in [0.2, 0.25) is 0 Å². The standard InChI is InChI=1S/C18H15FN2O/c19-14-9-7-13(8-10-14)17-15-3-1-2-4-16(15)18(22)21(20-17)11-12-5-6-12/h1-4,7-10,12H,5-6,11H2. The third-order valence-electron chi connectivity index (χ3n) is 4.11. The lowest BCUT2D eigenvalue weighted by atomic mass is 10.1. The second-order valence-electron chi connectivity index (χ2n) is 5.83. The van der Waals surface area contributed by atoms with Crippen LogP contribution in [0.3, 0.4) is 0 Å². The number of benzene rings is 2. The molecule has 110 valence electrons. The van der Waals surface area contributed by atoms with Crippen molar-refractivity contribution in [3.05, 3.63) is 64.7 Å². The van der Waals surface area contributed by atoms with E-state index in [-0.39, 0.29) is 11.4 Å². The molecule has 22 heavy (non-hydrogen) atoms. The summed E-state index contributed by atoms with van der Waals surface area (Å²) < 4.78 is 14.7. The Labute approximate surface area is 127 Å². The maximum Gasteiger partial charge on any atom is 0.274 e. The molecule has 0 bridgehead atoms. The van der Waals surface area contributed by atoms with Gasteiger partial charge in [0.1, 0.15) is 5.82 Å². The first-order valence-corrected chi connectivity index (χ1v) is 7.48. The van der Waals surface area contributed by atoms with Gasteiger partial charge < -0.3 is 0 Å². The maximum absolute atomic E-state index is 13.2. The van der Waals surface area contributed by atoms with Crippen LogP contribution in [-0.2, 0) is 6.54 Å². The summed E-state index contributed by atoms with van der Waals surface area (Å²) in [5, 5.41) is 6.04. The Hall–Kier alpha value is -2.49. The molecule has 1 heterocycles. The summed E-state index contributed by atoms with van der Waals surface area (Å²) in [4.78, 5) is 12.6. The molecular formula is C18H15FN2O. The molecule has 0 N–H and O–H groups in total. The minimum Gasteiger partial charge on any atom is -0.267 e. The number of hydrogen-bond donors (Lipinski definition) is 0. The summed E-state index contributed by atoms with van der Waals surface area (Å²) in [6.45, 7) is 0.665. The molecule has 0 spiro atoms. The van der Waals surface area contributed by atoms with E-state index >= 15 is 0 Å². The predicted molar refractivity (Wildman–Crippen MR) is 84.1 cm³/mol. The molecule has 1 aliphatic rings. The van der Waals surface area contributed by atoms with E-state index in [1.165, 1.54) is 12.1 Å². The number of halogens is 1. The van der Waals surface area contributed by atoms with Crippen LogP contribution in [-0.4, -0.2) is 9.78 Å². The van der Waals surface area contributed by atoms with Crippen molar-refractivity contribution in [1.82, 2.24) is 9.78 Å². The van der Waals surface area contributed by atoms with Crippen LogP contribution in [0.1, 0.15) is 12.8 Å². The van der Waals surface area contributed by atoms with Gasteiger partial charge in [-0.15, -0.1) is 0 Å². The summed E-state index contributed by atoms with van der Waals surface area (Å²) >= 11 is 0. The van der Waals surface area contributed by atoms with Crippen molar-refractivity contribution in [3.8, 4) is 11.3 Å². The number of hydrogen-bond acceptors (Lipinski definition) is 2. The Bertz CT molecular complexity index is 895. The third-order valence-corrected chi connectivity index (χ3v) is 4.11. The van der Waals surface area contributed by atoms with Crippen LogP contribution < -0.4 is 5.56 Å². The molecule has 3 nitrogen and oxygen atoms in total. The molecule has 0 saturated heterocycles. The normalized spacial score (nSPS) is 14.4. The summed E-state index contributed by atoms with van der Waals surface area (Å²) in [5.74, 6) is 0.284. The minimum absolute atomic E-state index is 0.0478. The molecule has 3 aromatic rings. The molecule has 1 fully saturated rings. The summed E-state index contributed by atoms with van der Waals surface area (Å²) in [7, 11) is 0. The molecule has 1 aromatic heterocycles. The molecule has 1 saturated carbocycles. The first kappa shape index (κ1) is 13.2. The monoisotopic (exact) mass is 294 g/mol. The Morgan fingerprint density at radius 3 is 2.41 bits per heavy atom. The lowest BCUT2D eigenvalue weighted by molar-refractivity contribution is 0.540. The van der Waals surface area contributed by atoms with Gasteiger partial charge in [-0.3, -0.25) is 4.79 Å². The van der Waals surface area contributed by atoms with Crippen molar-refractivity contribution in [3.63, 3.8) is 0 Å². The first-order chi connectivity index (χ1) is 10.7. The van der Waals surface area contributed by atoms with Gasteiger partial charge in [-0.1, -0.05) is 18.2 Å². The van der Waals surface area contributed by atoms with Crippen molar-refractivity contribution >= 4 is 10.8 Å². The van der Waals surface area contributed by atoms with Crippen LogP contribution in [0.4, 0.5) is 4.39 Å². The van der Waals surface area contributed by atoms with E-state index in [9.17, 15) is 9.18 Å². The molecule has 1 aliphatic carbocycles. The zero-order valence-corrected chi connectivity index (χ0v) is 12.0. The summed E-state index contributed by atoms with van der Waals surface area (Å²) in [6.07, 6.45) is 2.32. The van der Waals surface area contributed by atoms with E-state index in [1.54, 1.807) is 16.8 Å². The van der Waals surface area contributed by atoms with Crippen LogP contribution in [0.5, 0.6) is 0 Å². The Kier molecular flexibility index (Phi) is 3.03. The Morgan fingerprint density at radius 2 is 1.73 bits per heavy atom. The molecule has 0 radical (unpaired) electrons. The third kappa shape index (κ3) is 2.30. The Balaban J connectivity index is 1.97. The van der Waals surface area contributed by atoms with Gasteiger partial charge in [0.25, 0.3) is 5.56 Å². The summed E-state index contributed by atoms with van der Waals surface area (Å²) in [5.41, 5.74) is 1.51. The van der Waals surface area contributed by atoms with Crippen LogP contribution in [0.25, 0.3) is 22.0 Å². The molecule has 2 aromatic carbocycles. The predicted octanol–water partition coefficient (Wildman–Crippen LogP) is 3.61. The van der Waals surface area contributed by atoms with Crippen molar-refractivity contribution in [2.24, 2.45) is 5.92 Å². The fraction of sp³-hybridized carbons (Fsp3) is 0.222. The highest BCUT2D eigenvalue weighted by Crippen LogP contribution is 2.31. The number of fused-ring (bicyclic) bond motifs is 1. The van der Waals surface area contributed by atoms with Gasteiger partial charge in [0.15, 0.2) is 0 Å². The van der Waals surface area contributed by atoms with Crippen molar-refractivity contribution in [1.29, 1.82) is 0 Å². The number of rotatable bonds is 3. The highest BCUT2D eigenvalue weighted by molar-refractivity contribution is 5.93. The highest BCUT2D eigenvalue weighted by atomic mass is 19.1. The second-order valence-corrected chi connectivity index (χ2v) is 5.83. The molecule has 4 rings (SSSR count). The lowest BCUT2D eigenvalue weighted by Gasteiger charge is -2.11. The zero-order valence-electron chi connectivity index (χ0n) is 12.0. The fourth-order valence-corrected chi connectivity index (χ4v) is 2.72. The SMILES string of the molecule is O=c1c2ccccc2c(-c2ccc(F)cc2)nn1CC1CC1. The van der Waals surface area contributed by atoms with E-state index < -0.39 is 0 Å². The van der Waals surface area contributed by atoms with Crippen LogP contribution in [0.2, 0.25) is 0 Å². The van der Waals surface area contributed by atoms with E-state index in [0.717, 1.165) is 29.5 Å². The molecule has 4 heteroatoms. The lowest BCUT2D eigenvalue weighted by Crippen LogP contribution is -2.24. The van der Waals surface area contributed by atoms with Crippen LogP contribution >= 0.6 is 0 Å². The molecule has 0 unspecified atom stereocenters. The van der Waals surface area contributed by atoms with Crippen molar-refractivity contribution < 1.29 is 4.39 Å². The molecule has 0 aliphatic heterocycles. The van der Waals surface area contributed by atoms with E-state index in [4.69, 9.17) is 0 Å². The van der Waals surface area contributed by atoms with Gasteiger partial charge in [0, 0.05) is 17.5 Å². The molecule has 0 amide bonds. The maximum atomic E-state index is 13.2. The largest absolute Gasteiger partial charge is 0.274 e. The van der Waals surface area contributed by atoms with E-state index in [1.807, 2.05) is 24.3 Å². The van der Waals surface area contributed by atoms with Gasteiger partial charge in [-0.05, 0) is 49.1 Å². The fourth-order valence-electron chi connectivity index (χ4n) is 2.72. The average molecular weight is 294 g/mol. The second kappa shape index (κ2) is 5.05. The van der Waals surface area contributed by atoms with Crippen LogP contribution in [0, 0.1) is 11.7 Å². The quantitative estimate of drug-likeness (QED) is 0.739. The minimum atomic E-state index is -0.278. The van der Waals surface area contributed by atoms with Crippen molar-refractivity contribution in [2.75, 3.05) is 0 Å². The van der Waals surface area contributed by atoms with Gasteiger partial charge in [-0.25, -0.2) is 9.07 Å². The zero-order chi connectivity index (χ0) is 15.1. The van der Waals surface area contributed by atoms with Crippen LogP contribution in [0.15, 0.2) is 53.3 Å². The van der Waals surface area contributed by atoms with E-state index in [2.05, 4.69) is 5.10 Å². The Morgan fingerprint density at radius 1 is 1.05 bits per heavy atom. The molecule has 0 atom stereocenters. The van der Waals surface area contributed by atoms with Gasteiger partial charge >= 0.3 is 0 Å². The smallest absolute Gasteiger partial charge is 0.267 e. The van der Waals surface area contributed by atoms with E-state index in [0.29, 0.717) is 17.8 Å². The number of aromatic nitrogens is 2. The number of nitrogens with zero attached hydrogens (tertiary/aromatic N) is 2. The average Bonchev–Trinajstić information content (AvgIpc) is 3.35. The summed E-state index contributed by atoms with van der Waals surface area (Å²) in [6, 6.07) is 13.7. The first-order valence-electron chi connectivity index (χ1n) is 7.48. The topological polar surface area (TPSA) is 34.9 Å². The highest BCUT2D eigenvalue weighted by Gasteiger charge is 2.23. The van der Waals surface area contributed by atoms with Crippen molar-refractivity contribution in [2.45, 2.75) is 19.4 Å². The molecular weight excluding hydrogens is 279 g/mol. The van der Waals surface area contributed by atoms with Gasteiger partial charge in [0.05, 0.1) is 11.1 Å².